The van der Waals surface area contributed by atoms with Crippen LogP contribution >= 0.6 is 0 Å². The molecule has 7 nitrogen and oxygen atoms in total. The fourth-order valence-corrected chi connectivity index (χ4v) is 2.97. The van der Waals surface area contributed by atoms with Crippen LogP contribution in [0.15, 0.2) is 23.2 Å². The van der Waals surface area contributed by atoms with Crippen LogP contribution < -0.4 is 5.73 Å². The van der Waals surface area contributed by atoms with Gasteiger partial charge in [0.1, 0.15) is 10.7 Å². The van der Waals surface area contributed by atoms with Crippen molar-refractivity contribution in [1.29, 1.82) is 10.5 Å². The van der Waals surface area contributed by atoms with Crippen LogP contribution in [0, 0.1) is 22.7 Å². The van der Waals surface area contributed by atoms with E-state index in [-0.39, 0.29) is 36.6 Å². The Balaban J connectivity index is 3.09. The Morgan fingerprint density at radius 1 is 1.26 bits per heavy atom. The first-order chi connectivity index (χ1) is 9.04. The van der Waals surface area contributed by atoms with Gasteiger partial charge in [-0.05, 0) is 12.1 Å². The van der Waals surface area contributed by atoms with Crippen molar-refractivity contribution in [2.24, 2.45) is 0 Å². The largest absolute Gasteiger partial charge is 0.383 e. The highest BCUT2D eigenvalue weighted by Gasteiger charge is 2.26. The lowest BCUT2D eigenvalue weighted by molar-refractivity contribution is 0.425. The van der Waals surface area contributed by atoms with E-state index in [1.165, 1.54) is 18.3 Å². The molecule has 0 atom stereocenters. The van der Waals surface area contributed by atoms with Crippen molar-refractivity contribution < 1.29 is 8.42 Å². The lowest BCUT2D eigenvalue weighted by Gasteiger charge is -2.20. The number of aromatic nitrogens is 1. The van der Waals surface area contributed by atoms with Gasteiger partial charge in [0.2, 0.25) is 10.0 Å². The summed E-state index contributed by atoms with van der Waals surface area (Å²) in [6.07, 6.45) is 1.49. The summed E-state index contributed by atoms with van der Waals surface area (Å²) in [5.41, 5.74) is 5.55. The summed E-state index contributed by atoms with van der Waals surface area (Å²) >= 11 is 0. The molecule has 0 aliphatic rings. The number of nitrogens with two attached hydrogens (primary N) is 1. The Hall–Kier alpha value is -2.16. The van der Waals surface area contributed by atoms with E-state index in [1.54, 1.807) is 0 Å². The molecule has 0 amide bonds. The number of anilines is 1. The molecule has 0 saturated heterocycles. The number of hydrogen-bond donors (Lipinski definition) is 1. The lowest BCUT2D eigenvalue weighted by atomic mass is 10.4. The summed E-state index contributed by atoms with van der Waals surface area (Å²) in [7, 11) is -3.83. The van der Waals surface area contributed by atoms with E-state index in [0.717, 1.165) is 4.31 Å². The second-order valence-electron chi connectivity index (χ2n) is 3.61. The third-order valence-corrected chi connectivity index (χ3v) is 4.31. The highest BCUT2D eigenvalue weighted by molar-refractivity contribution is 7.89. The molecule has 8 heteroatoms. The van der Waals surface area contributed by atoms with Crippen molar-refractivity contribution in [2.45, 2.75) is 17.7 Å². The van der Waals surface area contributed by atoms with Gasteiger partial charge < -0.3 is 5.73 Å². The Bertz CT molecular complexity index is 597. The monoisotopic (exact) mass is 279 g/mol. The normalized spacial score (nSPS) is 10.9. The second kappa shape index (κ2) is 6.69. The zero-order valence-corrected chi connectivity index (χ0v) is 11.0. The van der Waals surface area contributed by atoms with Crippen LogP contribution in [-0.4, -0.2) is 30.8 Å². The predicted octanol–water partition coefficient (Wildman–Crippen LogP) is 0.482. The van der Waals surface area contributed by atoms with E-state index in [4.69, 9.17) is 16.3 Å². The van der Waals surface area contributed by atoms with Crippen molar-refractivity contribution in [2.75, 3.05) is 18.8 Å². The van der Waals surface area contributed by atoms with Gasteiger partial charge >= 0.3 is 0 Å². The summed E-state index contributed by atoms with van der Waals surface area (Å²) < 4.78 is 25.8. The SMILES string of the molecule is N#CCCN(CCC#N)S(=O)(=O)c1cccnc1N. The molecule has 0 aromatic carbocycles. The zero-order valence-electron chi connectivity index (χ0n) is 10.2. The molecule has 1 aromatic heterocycles. The molecular weight excluding hydrogens is 266 g/mol. The minimum absolute atomic E-state index is 0.0227. The molecule has 0 unspecified atom stereocenters. The van der Waals surface area contributed by atoms with Gasteiger partial charge in [-0.2, -0.15) is 14.8 Å². The van der Waals surface area contributed by atoms with E-state index in [2.05, 4.69) is 4.98 Å². The van der Waals surface area contributed by atoms with Gasteiger partial charge in [-0.3, -0.25) is 0 Å². The lowest BCUT2D eigenvalue weighted by Crippen LogP contribution is -2.33. The minimum atomic E-state index is -3.83. The van der Waals surface area contributed by atoms with Gasteiger partial charge in [-0.15, -0.1) is 0 Å². The summed E-state index contributed by atoms with van der Waals surface area (Å²) in [4.78, 5) is 3.62. The molecule has 0 saturated carbocycles. The number of rotatable bonds is 6. The number of nitriles is 2. The molecule has 0 aliphatic carbocycles. The molecule has 1 heterocycles. The van der Waals surface area contributed by atoms with Crippen LogP contribution in [0.4, 0.5) is 5.82 Å². The molecule has 100 valence electrons. The molecular formula is C11H13N5O2S. The molecule has 0 fully saturated rings. The van der Waals surface area contributed by atoms with Crippen LogP contribution in [0.5, 0.6) is 0 Å². The first kappa shape index (κ1) is 14.9. The maximum absolute atomic E-state index is 12.4. The third-order valence-electron chi connectivity index (χ3n) is 2.36. The fourth-order valence-electron chi connectivity index (χ4n) is 1.46. The van der Waals surface area contributed by atoms with Gasteiger partial charge in [-0.25, -0.2) is 13.4 Å². The van der Waals surface area contributed by atoms with Crippen LogP contribution in [0.25, 0.3) is 0 Å². The maximum Gasteiger partial charge on any atom is 0.246 e. The highest BCUT2D eigenvalue weighted by atomic mass is 32.2. The number of hydrogen-bond acceptors (Lipinski definition) is 6. The maximum atomic E-state index is 12.4. The highest BCUT2D eigenvalue weighted by Crippen LogP contribution is 2.20. The summed E-state index contributed by atoms with van der Waals surface area (Å²) in [5, 5.41) is 17.1. The molecule has 0 radical (unpaired) electrons. The van der Waals surface area contributed by atoms with E-state index in [1.807, 2.05) is 12.1 Å². The van der Waals surface area contributed by atoms with Crippen LogP contribution in [0.1, 0.15) is 12.8 Å². The molecule has 0 aliphatic heterocycles. The van der Waals surface area contributed by atoms with E-state index >= 15 is 0 Å². The third kappa shape index (κ3) is 3.65. The standard InChI is InChI=1S/C11H13N5O2S/c12-5-2-8-16(9-3-6-13)19(17,18)10-4-1-7-15-11(10)14/h1,4,7H,2-3,8-9H2,(H2,14,15). The summed E-state index contributed by atoms with van der Waals surface area (Å²) in [6, 6.07) is 6.57. The quantitative estimate of drug-likeness (QED) is 0.807. The fraction of sp³-hybridized carbons (Fsp3) is 0.364. The zero-order chi connectivity index (χ0) is 14.3. The summed E-state index contributed by atoms with van der Waals surface area (Å²) in [6.45, 7) is 0.0453. The van der Waals surface area contributed by atoms with Crippen molar-refractivity contribution in [3.8, 4) is 12.1 Å². The molecule has 1 aromatic rings. The number of nitrogens with zero attached hydrogens (tertiary/aromatic N) is 4. The second-order valence-corrected chi connectivity index (χ2v) is 5.51. The van der Waals surface area contributed by atoms with Crippen LogP contribution in [-0.2, 0) is 10.0 Å². The smallest absolute Gasteiger partial charge is 0.246 e. The Morgan fingerprint density at radius 3 is 2.32 bits per heavy atom. The van der Waals surface area contributed by atoms with Gasteiger partial charge in [0.15, 0.2) is 0 Å². The van der Waals surface area contributed by atoms with Gasteiger partial charge in [0.05, 0.1) is 12.1 Å². The van der Waals surface area contributed by atoms with Crippen molar-refractivity contribution >= 4 is 15.8 Å². The topological polar surface area (TPSA) is 124 Å². The molecule has 0 spiro atoms. The number of pyridine rings is 1. The van der Waals surface area contributed by atoms with E-state index < -0.39 is 10.0 Å². The predicted molar refractivity (Wildman–Crippen MR) is 67.9 cm³/mol. The first-order valence-corrected chi connectivity index (χ1v) is 6.92. The molecule has 1 rings (SSSR count). The Labute approximate surface area is 111 Å². The van der Waals surface area contributed by atoms with Crippen LogP contribution in [0.2, 0.25) is 0 Å². The van der Waals surface area contributed by atoms with Gasteiger partial charge in [0.25, 0.3) is 0 Å². The Kier molecular flexibility index (Phi) is 5.24. The van der Waals surface area contributed by atoms with Gasteiger partial charge in [0, 0.05) is 32.1 Å². The number of nitrogen functional groups attached to an aromatic ring is 1. The molecule has 0 bridgehead atoms. The van der Waals surface area contributed by atoms with Crippen molar-refractivity contribution in [3.63, 3.8) is 0 Å². The van der Waals surface area contributed by atoms with E-state index in [0.29, 0.717) is 0 Å². The minimum Gasteiger partial charge on any atom is -0.383 e. The van der Waals surface area contributed by atoms with E-state index in [9.17, 15) is 8.42 Å². The van der Waals surface area contributed by atoms with Gasteiger partial charge in [-0.1, -0.05) is 0 Å². The van der Waals surface area contributed by atoms with Crippen molar-refractivity contribution in [3.05, 3.63) is 18.3 Å². The van der Waals surface area contributed by atoms with Crippen LogP contribution in [0.3, 0.4) is 0 Å². The average molecular weight is 279 g/mol. The molecule has 19 heavy (non-hydrogen) atoms. The average Bonchev–Trinajstić information content (AvgIpc) is 2.39. The van der Waals surface area contributed by atoms with Crippen molar-refractivity contribution in [1.82, 2.24) is 9.29 Å². The summed E-state index contributed by atoms with van der Waals surface area (Å²) in [5.74, 6) is -0.0959. The molecule has 2 N–H and O–H groups in total. The first-order valence-electron chi connectivity index (χ1n) is 5.48. The number of sulfonamides is 1. The Morgan fingerprint density at radius 2 is 1.84 bits per heavy atom.